The van der Waals surface area contributed by atoms with Crippen LogP contribution >= 0.6 is 0 Å². The SMILES string of the molecule is CC1(C)[C@H](C(=O)O)[C@@H]1C(=O)N1CCN(C(=O)Cc2ccccc2)CC1. The van der Waals surface area contributed by atoms with Crippen molar-refractivity contribution in [2.45, 2.75) is 20.3 Å². The average molecular weight is 344 g/mol. The molecule has 2 atom stereocenters. The molecule has 2 amide bonds. The summed E-state index contributed by atoms with van der Waals surface area (Å²) in [6.07, 6.45) is 0.367. The van der Waals surface area contributed by atoms with Gasteiger partial charge in [0.2, 0.25) is 11.8 Å². The topological polar surface area (TPSA) is 77.9 Å². The van der Waals surface area contributed by atoms with Crippen LogP contribution in [-0.4, -0.2) is 58.9 Å². The minimum Gasteiger partial charge on any atom is -0.481 e. The first kappa shape index (κ1) is 17.5. The Morgan fingerprint density at radius 3 is 2.08 bits per heavy atom. The van der Waals surface area contributed by atoms with Gasteiger partial charge in [0.1, 0.15) is 0 Å². The van der Waals surface area contributed by atoms with Gasteiger partial charge in [-0.2, -0.15) is 0 Å². The number of carbonyl (C=O) groups is 3. The molecule has 3 rings (SSSR count). The van der Waals surface area contributed by atoms with Crippen molar-refractivity contribution in [1.82, 2.24) is 9.80 Å². The van der Waals surface area contributed by atoms with Crippen LogP contribution in [-0.2, 0) is 20.8 Å². The number of piperazine rings is 1. The quantitative estimate of drug-likeness (QED) is 0.892. The summed E-state index contributed by atoms with van der Waals surface area (Å²) in [6, 6.07) is 9.60. The molecule has 0 radical (unpaired) electrons. The summed E-state index contributed by atoms with van der Waals surface area (Å²) in [4.78, 5) is 39.8. The smallest absolute Gasteiger partial charge is 0.307 e. The van der Waals surface area contributed by atoms with Crippen molar-refractivity contribution in [3.8, 4) is 0 Å². The van der Waals surface area contributed by atoms with Gasteiger partial charge in [-0.1, -0.05) is 44.2 Å². The van der Waals surface area contributed by atoms with Crippen molar-refractivity contribution in [2.24, 2.45) is 17.3 Å². The molecule has 134 valence electrons. The first-order chi connectivity index (χ1) is 11.8. The van der Waals surface area contributed by atoms with E-state index in [1.54, 1.807) is 9.80 Å². The number of hydrogen-bond donors (Lipinski definition) is 1. The van der Waals surface area contributed by atoms with Gasteiger partial charge in [-0.25, -0.2) is 0 Å². The Labute approximate surface area is 147 Å². The third-order valence-corrected chi connectivity index (χ3v) is 5.50. The molecule has 0 bridgehead atoms. The maximum Gasteiger partial charge on any atom is 0.307 e. The largest absolute Gasteiger partial charge is 0.481 e. The molecule has 1 aromatic rings. The van der Waals surface area contributed by atoms with Crippen LogP contribution in [0.2, 0.25) is 0 Å². The minimum absolute atomic E-state index is 0.0634. The van der Waals surface area contributed by atoms with E-state index in [0.717, 1.165) is 5.56 Å². The summed E-state index contributed by atoms with van der Waals surface area (Å²) in [6.45, 7) is 5.60. The van der Waals surface area contributed by atoms with E-state index in [1.807, 2.05) is 44.2 Å². The van der Waals surface area contributed by atoms with Crippen molar-refractivity contribution in [2.75, 3.05) is 26.2 Å². The molecule has 6 nitrogen and oxygen atoms in total. The van der Waals surface area contributed by atoms with Crippen molar-refractivity contribution < 1.29 is 19.5 Å². The van der Waals surface area contributed by atoms with E-state index in [2.05, 4.69) is 0 Å². The van der Waals surface area contributed by atoms with Crippen LogP contribution in [0.25, 0.3) is 0 Å². The zero-order valence-electron chi connectivity index (χ0n) is 14.6. The highest BCUT2D eigenvalue weighted by atomic mass is 16.4. The number of carboxylic acid groups (broad SMARTS) is 1. The molecule has 1 aliphatic carbocycles. The van der Waals surface area contributed by atoms with Gasteiger partial charge in [0.25, 0.3) is 0 Å². The van der Waals surface area contributed by atoms with Crippen molar-refractivity contribution >= 4 is 17.8 Å². The lowest BCUT2D eigenvalue weighted by atomic mass is 10.1. The third-order valence-electron chi connectivity index (χ3n) is 5.50. The lowest BCUT2D eigenvalue weighted by Crippen LogP contribution is -2.51. The molecule has 6 heteroatoms. The van der Waals surface area contributed by atoms with Crippen LogP contribution < -0.4 is 0 Å². The summed E-state index contributed by atoms with van der Waals surface area (Å²) in [7, 11) is 0. The van der Waals surface area contributed by atoms with Gasteiger partial charge in [-0.15, -0.1) is 0 Å². The zero-order valence-corrected chi connectivity index (χ0v) is 14.6. The second-order valence-electron chi connectivity index (χ2n) is 7.48. The highest BCUT2D eigenvalue weighted by Crippen LogP contribution is 2.59. The molecule has 1 N–H and O–H groups in total. The van der Waals surface area contributed by atoms with E-state index in [4.69, 9.17) is 0 Å². The average Bonchev–Trinajstić information content (AvgIpc) is 3.18. The Morgan fingerprint density at radius 1 is 1.00 bits per heavy atom. The molecule has 1 aliphatic heterocycles. The fourth-order valence-electron chi connectivity index (χ4n) is 3.81. The van der Waals surface area contributed by atoms with Gasteiger partial charge in [0.05, 0.1) is 18.3 Å². The Balaban J connectivity index is 1.53. The predicted octanol–water partition coefficient (Wildman–Crippen LogP) is 1.26. The van der Waals surface area contributed by atoms with Gasteiger partial charge in [0, 0.05) is 26.2 Å². The van der Waals surface area contributed by atoms with Crippen LogP contribution in [0.5, 0.6) is 0 Å². The van der Waals surface area contributed by atoms with E-state index in [9.17, 15) is 19.5 Å². The molecule has 1 heterocycles. The second-order valence-corrected chi connectivity index (χ2v) is 7.48. The number of rotatable bonds is 4. The fourth-order valence-corrected chi connectivity index (χ4v) is 3.81. The predicted molar refractivity (Wildman–Crippen MR) is 91.7 cm³/mol. The molecular weight excluding hydrogens is 320 g/mol. The summed E-state index contributed by atoms with van der Waals surface area (Å²) in [5.74, 6) is -1.98. The summed E-state index contributed by atoms with van der Waals surface area (Å²) in [5.41, 5.74) is 0.499. The number of aliphatic carboxylic acids is 1. The van der Waals surface area contributed by atoms with Crippen LogP contribution in [0.15, 0.2) is 30.3 Å². The van der Waals surface area contributed by atoms with Crippen LogP contribution in [0.3, 0.4) is 0 Å². The summed E-state index contributed by atoms with van der Waals surface area (Å²) < 4.78 is 0. The second kappa shape index (κ2) is 6.50. The van der Waals surface area contributed by atoms with Crippen LogP contribution in [0.1, 0.15) is 19.4 Å². The first-order valence-corrected chi connectivity index (χ1v) is 8.65. The highest BCUT2D eigenvalue weighted by Gasteiger charge is 2.66. The van der Waals surface area contributed by atoms with E-state index in [1.165, 1.54) is 0 Å². The van der Waals surface area contributed by atoms with Crippen LogP contribution in [0.4, 0.5) is 0 Å². The first-order valence-electron chi connectivity index (χ1n) is 8.65. The summed E-state index contributed by atoms with van der Waals surface area (Å²) >= 11 is 0. The standard InChI is InChI=1S/C19H24N2O4/c1-19(2)15(16(19)18(24)25)17(23)21-10-8-20(9-11-21)14(22)12-13-6-4-3-5-7-13/h3-7,15-16H,8-12H2,1-2H3,(H,24,25)/t15-,16+/m1/s1. The van der Waals surface area contributed by atoms with E-state index >= 15 is 0 Å². The number of amides is 2. The van der Waals surface area contributed by atoms with Gasteiger partial charge >= 0.3 is 5.97 Å². The molecule has 25 heavy (non-hydrogen) atoms. The normalized spacial score (nSPS) is 24.7. The van der Waals surface area contributed by atoms with Gasteiger partial charge in [-0.05, 0) is 11.0 Å². The van der Waals surface area contributed by atoms with Gasteiger partial charge in [-0.3, -0.25) is 14.4 Å². The zero-order chi connectivity index (χ0) is 18.2. The number of benzene rings is 1. The Hall–Kier alpha value is -2.37. The molecule has 2 aliphatic rings. The number of hydrogen-bond acceptors (Lipinski definition) is 3. The summed E-state index contributed by atoms with van der Waals surface area (Å²) in [5, 5.41) is 9.24. The van der Waals surface area contributed by atoms with E-state index in [0.29, 0.717) is 32.6 Å². The highest BCUT2D eigenvalue weighted by molar-refractivity contribution is 5.92. The lowest BCUT2D eigenvalue weighted by molar-refractivity contribution is -0.143. The van der Waals surface area contributed by atoms with Crippen molar-refractivity contribution in [3.05, 3.63) is 35.9 Å². The van der Waals surface area contributed by atoms with Gasteiger partial charge < -0.3 is 14.9 Å². The molecule has 2 fully saturated rings. The molecule has 1 aromatic carbocycles. The minimum atomic E-state index is -0.903. The molecule has 0 spiro atoms. The van der Waals surface area contributed by atoms with Gasteiger partial charge in [0.15, 0.2) is 0 Å². The third kappa shape index (κ3) is 3.38. The lowest BCUT2D eigenvalue weighted by Gasteiger charge is -2.35. The maximum absolute atomic E-state index is 12.6. The Morgan fingerprint density at radius 2 is 1.56 bits per heavy atom. The van der Waals surface area contributed by atoms with Crippen LogP contribution in [0, 0.1) is 17.3 Å². The van der Waals surface area contributed by atoms with Crippen molar-refractivity contribution in [3.63, 3.8) is 0 Å². The molecule has 1 saturated heterocycles. The number of nitrogens with zero attached hydrogens (tertiary/aromatic N) is 2. The molecular formula is C19H24N2O4. The number of carbonyl (C=O) groups excluding carboxylic acids is 2. The van der Waals surface area contributed by atoms with E-state index < -0.39 is 23.2 Å². The maximum atomic E-state index is 12.6. The van der Waals surface area contributed by atoms with Crippen molar-refractivity contribution in [1.29, 1.82) is 0 Å². The Bertz CT molecular complexity index is 678. The molecule has 0 aromatic heterocycles. The van der Waals surface area contributed by atoms with E-state index in [-0.39, 0.29) is 11.8 Å². The fraction of sp³-hybridized carbons (Fsp3) is 0.526. The Kier molecular flexibility index (Phi) is 4.54. The monoisotopic (exact) mass is 344 g/mol. The molecule has 0 unspecified atom stereocenters. The molecule has 1 saturated carbocycles. The number of carboxylic acids is 1.